The van der Waals surface area contributed by atoms with Gasteiger partial charge < -0.3 is 10.1 Å². The summed E-state index contributed by atoms with van der Waals surface area (Å²) in [5.41, 5.74) is 3.99. The lowest BCUT2D eigenvalue weighted by Gasteiger charge is -2.11. The monoisotopic (exact) mass is 369 g/mol. The number of rotatable bonds is 5. The normalized spacial score (nSPS) is 10.6. The van der Waals surface area contributed by atoms with E-state index in [2.05, 4.69) is 10.3 Å². The molecule has 0 bridgehead atoms. The molecule has 28 heavy (non-hydrogen) atoms. The van der Waals surface area contributed by atoms with E-state index in [-0.39, 0.29) is 5.91 Å². The van der Waals surface area contributed by atoms with Gasteiger partial charge in [0.15, 0.2) is 0 Å². The lowest BCUT2D eigenvalue weighted by atomic mass is 10.0. The molecule has 2 heterocycles. The Labute approximate surface area is 163 Å². The van der Waals surface area contributed by atoms with Crippen LogP contribution in [0.25, 0.3) is 22.2 Å². The number of ether oxygens (including phenoxy) is 1. The number of hydrogen-bond acceptors (Lipinski definition) is 4. The zero-order valence-corrected chi connectivity index (χ0v) is 15.4. The molecule has 4 aromatic rings. The number of carbonyl (C=O) groups excluding carboxylic acids is 1. The van der Waals surface area contributed by atoms with Crippen LogP contribution in [0.1, 0.15) is 15.9 Å². The molecule has 4 rings (SSSR count). The largest absolute Gasteiger partial charge is 0.497 e. The van der Waals surface area contributed by atoms with Crippen molar-refractivity contribution >= 4 is 16.8 Å². The van der Waals surface area contributed by atoms with E-state index < -0.39 is 0 Å². The van der Waals surface area contributed by atoms with Crippen molar-refractivity contribution in [3.8, 4) is 17.0 Å². The van der Waals surface area contributed by atoms with Crippen molar-refractivity contribution in [2.75, 3.05) is 7.11 Å². The van der Waals surface area contributed by atoms with E-state index in [4.69, 9.17) is 9.72 Å². The number of nitrogens with zero attached hydrogens (tertiary/aromatic N) is 2. The highest BCUT2D eigenvalue weighted by Crippen LogP contribution is 2.27. The smallest absolute Gasteiger partial charge is 0.252 e. The average molecular weight is 369 g/mol. The van der Waals surface area contributed by atoms with Crippen LogP contribution < -0.4 is 10.1 Å². The number of benzene rings is 2. The number of nitrogens with one attached hydrogen (secondary N) is 1. The van der Waals surface area contributed by atoms with Gasteiger partial charge in [-0.1, -0.05) is 30.3 Å². The molecule has 0 aliphatic carbocycles. The summed E-state index contributed by atoms with van der Waals surface area (Å²) in [6.45, 7) is 0.437. The SMILES string of the molecule is COc1cccc(-c2cc(C(=O)NCc3ccncc3)c3ccccc3n2)c1. The minimum absolute atomic E-state index is 0.139. The van der Waals surface area contributed by atoms with Crippen LogP contribution in [-0.2, 0) is 6.54 Å². The molecule has 2 aromatic carbocycles. The minimum Gasteiger partial charge on any atom is -0.497 e. The average Bonchev–Trinajstić information content (AvgIpc) is 2.77. The molecule has 0 spiro atoms. The van der Waals surface area contributed by atoms with Crippen LogP contribution in [0, 0.1) is 0 Å². The second-order valence-corrected chi connectivity index (χ2v) is 6.34. The minimum atomic E-state index is -0.139. The van der Waals surface area contributed by atoms with Crippen LogP contribution in [0.3, 0.4) is 0 Å². The zero-order chi connectivity index (χ0) is 19.3. The summed E-state index contributed by atoms with van der Waals surface area (Å²) in [7, 11) is 1.63. The van der Waals surface area contributed by atoms with Crippen molar-refractivity contribution < 1.29 is 9.53 Å². The molecular formula is C23H19N3O2. The van der Waals surface area contributed by atoms with E-state index in [0.29, 0.717) is 12.1 Å². The third-order valence-electron chi connectivity index (χ3n) is 4.53. The van der Waals surface area contributed by atoms with Crippen LogP contribution in [0.15, 0.2) is 79.1 Å². The Hall–Kier alpha value is -3.73. The fraction of sp³-hybridized carbons (Fsp3) is 0.0870. The van der Waals surface area contributed by atoms with Crippen molar-refractivity contribution in [1.29, 1.82) is 0 Å². The predicted octanol–water partition coefficient (Wildman–Crippen LogP) is 4.24. The molecule has 1 amide bonds. The van der Waals surface area contributed by atoms with Gasteiger partial charge in [0.05, 0.1) is 23.9 Å². The molecular weight excluding hydrogens is 350 g/mol. The second-order valence-electron chi connectivity index (χ2n) is 6.34. The first-order chi connectivity index (χ1) is 13.7. The third-order valence-corrected chi connectivity index (χ3v) is 4.53. The summed E-state index contributed by atoms with van der Waals surface area (Å²) in [6, 6.07) is 20.9. The number of hydrogen-bond donors (Lipinski definition) is 1. The fourth-order valence-electron chi connectivity index (χ4n) is 3.07. The summed E-state index contributed by atoms with van der Waals surface area (Å²) in [5, 5.41) is 3.81. The molecule has 0 aliphatic rings. The summed E-state index contributed by atoms with van der Waals surface area (Å²) in [5.74, 6) is 0.607. The summed E-state index contributed by atoms with van der Waals surface area (Å²) >= 11 is 0. The summed E-state index contributed by atoms with van der Waals surface area (Å²) in [6.07, 6.45) is 3.43. The van der Waals surface area contributed by atoms with Gasteiger partial charge in [-0.15, -0.1) is 0 Å². The Kier molecular flexibility index (Phi) is 4.97. The Bertz CT molecular complexity index is 1130. The first-order valence-corrected chi connectivity index (χ1v) is 8.96. The van der Waals surface area contributed by atoms with Crippen molar-refractivity contribution in [2.45, 2.75) is 6.54 Å². The van der Waals surface area contributed by atoms with Crippen LogP contribution in [-0.4, -0.2) is 23.0 Å². The maximum absolute atomic E-state index is 13.0. The number of aromatic nitrogens is 2. The van der Waals surface area contributed by atoms with Gasteiger partial charge >= 0.3 is 0 Å². The molecule has 5 nitrogen and oxygen atoms in total. The number of fused-ring (bicyclic) bond motifs is 1. The molecule has 0 saturated carbocycles. The van der Waals surface area contributed by atoms with E-state index in [1.165, 1.54) is 0 Å². The van der Waals surface area contributed by atoms with Gasteiger partial charge in [-0.3, -0.25) is 9.78 Å². The van der Waals surface area contributed by atoms with Gasteiger partial charge in [0.25, 0.3) is 5.91 Å². The lowest BCUT2D eigenvalue weighted by Crippen LogP contribution is -2.23. The maximum Gasteiger partial charge on any atom is 0.252 e. The quantitative estimate of drug-likeness (QED) is 0.572. The van der Waals surface area contributed by atoms with Crippen molar-refractivity contribution in [2.24, 2.45) is 0 Å². The second kappa shape index (κ2) is 7.88. The van der Waals surface area contributed by atoms with E-state index >= 15 is 0 Å². The number of para-hydroxylation sites is 1. The molecule has 0 aliphatic heterocycles. The highest BCUT2D eigenvalue weighted by Gasteiger charge is 2.14. The van der Waals surface area contributed by atoms with Gasteiger partial charge in [-0.05, 0) is 42.0 Å². The molecule has 0 saturated heterocycles. The van der Waals surface area contributed by atoms with Crippen molar-refractivity contribution in [3.05, 3.63) is 90.3 Å². The molecule has 5 heteroatoms. The molecule has 0 unspecified atom stereocenters. The molecule has 0 atom stereocenters. The highest BCUT2D eigenvalue weighted by molar-refractivity contribution is 6.07. The van der Waals surface area contributed by atoms with Gasteiger partial charge in [0.2, 0.25) is 0 Å². The molecule has 2 aromatic heterocycles. The highest BCUT2D eigenvalue weighted by atomic mass is 16.5. The zero-order valence-electron chi connectivity index (χ0n) is 15.4. The molecule has 0 fully saturated rings. The van der Waals surface area contributed by atoms with Gasteiger partial charge in [0.1, 0.15) is 5.75 Å². The Morgan fingerprint density at radius 1 is 1.00 bits per heavy atom. The molecule has 1 N–H and O–H groups in total. The Balaban J connectivity index is 1.72. The number of carbonyl (C=O) groups is 1. The van der Waals surface area contributed by atoms with E-state index in [1.54, 1.807) is 19.5 Å². The third kappa shape index (κ3) is 3.69. The number of amides is 1. The van der Waals surface area contributed by atoms with Gasteiger partial charge in [-0.2, -0.15) is 0 Å². The standard InChI is InChI=1S/C23H19N3O2/c1-28-18-6-4-5-17(13-18)22-14-20(19-7-2-3-8-21(19)26-22)23(27)25-15-16-9-11-24-12-10-16/h2-14H,15H2,1H3,(H,25,27). The predicted molar refractivity (Wildman–Crippen MR) is 109 cm³/mol. The first kappa shape index (κ1) is 17.7. The van der Waals surface area contributed by atoms with Gasteiger partial charge in [0, 0.05) is 29.9 Å². The van der Waals surface area contributed by atoms with E-state index in [1.807, 2.05) is 66.7 Å². The Morgan fingerprint density at radius 3 is 2.64 bits per heavy atom. The topological polar surface area (TPSA) is 64.1 Å². The molecule has 138 valence electrons. The maximum atomic E-state index is 13.0. The van der Waals surface area contributed by atoms with Crippen LogP contribution in [0.2, 0.25) is 0 Å². The summed E-state index contributed by atoms with van der Waals surface area (Å²) < 4.78 is 5.32. The van der Waals surface area contributed by atoms with Crippen LogP contribution in [0.5, 0.6) is 5.75 Å². The fourth-order valence-corrected chi connectivity index (χ4v) is 3.07. The summed E-state index contributed by atoms with van der Waals surface area (Å²) in [4.78, 5) is 21.7. The van der Waals surface area contributed by atoms with Crippen LogP contribution in [0.4, 0.5) is 0 Å². The van der Waals surface area contributed by atoms with Crippen molar-refractivity contribution in [1.82, 2.24) is 15.3 Å². The number of methoxy groups -OCH3 is 1. The van der Waals surface area contributed by atoms with Crippen molar-refractivity contribution in [3.63, 3.8) is 0 Å². The van der Waals surface area contributed by atoms with Crippen LogP contribution >= 0.6 is 0 Å². The molecule has 0 radical (unpaired) electrons. The van der Waals surface area contributed by atoms with E-state index in [0.717, 1.165) is 33.5 Å². The first-order valence-electron chi connectivity index (χ1n) is 8.96. The van der Waals surface area contributed by atoms with E-state index in [9.17, 15) is 4.79 Å². The Morgan fingerprint density at radius 2 is 1.82 bits per heavy atom. The lowest BCUT2D eigenvalue weighted by molar-refractivity contribution is 0.0952. The number of pyridine rings is 2. The van der Waals surface area contributed by atoms with Gasteiger partial charge in [-0.25, -0.2) is 4.98 Å².